The van der Waals surface area contributed by atoms with Crippen LogP contribution in [0, 0.1) is 6.92 Å². The first kappa shape index (κ1) is 20.1. The molecule has 2 aromatic rings. The lowest BCUT2D eigenvalue weighted by Gasteiger charge is -2.22. The third-order valence-electron chi connectivity index (χ3n) is 6.14. The van der Waals surface area contributed by atoms with Crippen LogP contribution < -0.4 is 5.32 Å². The molecule has 1 heterocycles. The Labute approximate surface area is 173 Å². The Kier molecular flexibility index (Phi) is 5.49. The molecule has 0 aromatic heterocycles. The number of nitrogens with one attached hydrogen (secondary N) is 1. The van der Waals surface area contributed by atoms with Gasteiger partial charge in [-0.05, 0) is 55.9 Å². The molecule has 29 heavy (non-hydrogen) atoms. The molecule has 0 unspecified atom stereocenters. The summed E-state index contributed by atoms with van der Waals surface area (Å²) in [5.41, 5.74) is 1.77. The molecular formula is C23H28N2O3S. The van der Waals surface area contributed by atoms with Crippen molar-refractivity contribution < 1.29 is 13.2 Å². The number of carbonyl (C=O) groups excluding carboxylic acids is 1. The Balaban J connectivity index is 1.58. The summed E-state index contributed by atoms with van der Waals surface area (Å²) >= 11 is 0. The van der Waals surface area contributed by atoms with E-state index in [1.165, 1.54) is 0 Å². The smallest absolute Gasteiger partial charge is 0.243 e. The van der Waals surface area contributed by atoms with Gasteiger partial charge in [0.1, 0.15) is 0 Å². The fourth-order valence-electron chi connectivity index (χ4n) is 4.16. The molecule has 0 radical (unpaired) electrons. The van der Waals surface area contributed by atoms with E-state index in [0.29, 0.717) is 29.2 Å². The number of hydrogen-bond donors (Lipinski definition) is 1. The van der Waals surface area contributed by atoms with Crippen LogP contribution in [0.1, 0.15) is 49.7 Å². The Morgan fingerprint density at radius 3 is 2.24 bits per heavy atom. The summed E-state index contributed by atoms with van der Waals surface area (Å²) in [6, 6.07) is 15.0. The molecule has 2 aromatic carbocycles. The van der Waals surface area contributed by atoms with E-state index in [4.69, 9.17) is 0 Å². The monoisotopic (exact) mass is 412 g/mol. The molecule has 4 rings (SSSR count). The van der Waals surface area contributed by atoms with Gasteiger partial charge < -0.3 is 5.32 Å². The van der Waals surface area contributed by atoms with Crippen LogP contribution in [0.5, 0.6) is 0 Å². The van der Waals surface area contributed by atoms with E-state index >= 15 is 0 Å². The molecule has 2 fully saturated rings. The number of amides is 1. The first-order valence-electron chi connectivity index (χ1n) is 10.4. The lowest BCUT2D eigenvalue weighted by atomic mass is 9.95. The second kappa shape index (κ2) is 7.92. The zero-order valence-electron chi connectivity index (χ0n) is 16.9. The third-order valence-corrected chi connectivity index (χ3v) is 8.18. The zero-order valence-corrected chi connectivity index (χ0v) is 17.7. The van der Waals surface area contributed by atoms with Crippen LogP contribution in [-0.2, 0) is 20.2 Å². The molecule has 1 aliphatic carbocycles. The number of sulfonamides is 1. The van der Waals surface area contributed by atoms with Crippen molar-refractivity contribution in [3.8, 4) is 0 Å². The Bertz CT molecular complexity index is 990. The van der Waals surface area contributed by atoms with Gasteiger partial charge in [-0.25, -0.2) is 8.42 Å². The van der Waals surface area contributed by atoms with Gasteiger partial charge in [0, 0.05) is 18.8 Å². The lowest BCUT2D eigenvalue weighted by molar-refractivity contribution is -0.118. The summed E-state index contributed by atoms with van der Waals surface area (Å²) in [6.07, 6.45) is 5.56. The Morgan fingerprint density at radius 2 is 1.62 bits per heavy atom. The van der Waals surface area contributed by atoms with E-state index in [9.17, 15) is 13.2 Å². The summed E-state index contributed by atoms with van der Waals surface area (Å²) in [4.78, 5) is 13.3. The van der Waals surface area contributed by atoms with E-state index in [0.717, 1.165) is 44.1 Å². The van der Waals surface area contributed by atoms with Crippen LogP contribution in [0.25, 0.3) is 0 Å². The van der Waals surface area contributed by atoms with E-state index in [1.807, 2.05) is 37.3 Å². The maximum atomic E-state index is 13.2. The number of carbonyl (C=O) groups is 1. The number of anilines is 1. The second-order valence-corrected chi connectivity index (χ2v) is 10.1. The maximum Gasteiger partial charge on any atom is 0.243 e. The van der Waals surface area contributed by atoms with Crippen LogP contribution in [-0.4, -0.2) is 31.7 Å². The van der Waals surface area contributed by atoms with Gasteiger partial charge >= 0.3 is 0 Å². The molecule has 1 saturated carbocycles. The molecule has 1 saturated heterocycles. The van der Waals surface area contributed by atoms with Crippen LogP contribution in [0.15, 0.2) is 53.4 Å². The van der Waals surface area contributed by atoms with Crippen LogP contribution in [0.2, 0.25) is 0 Å². The molecule has 5 nitrogen and oxygen atoms in total. The van der Waals surface area contributed by atoms with Crippen molar-refractivity contribution in [2.24, 2.45) is 0 Å². The summed E-state index contributed by atoms with van der Waals surface area (Å²) in [7, 11) is -3.56. The minimum atomic E-state index is -3.56. The lowest BCUT2D eigenvalue weighted by Crippen LogP contribution is -2.32. The minimum absolute atomic E-state index is 0.0642. The van der Waals surface area contributed by atoms with E-state index < -0.39 is 15.4 Å². The maximum absolute atomic E-state index is 13.2. The van der Waals surface area contributed by atoms with Gasteiger partial charge in [0.2, 0.25) is 15.9 Å². The predicted octanol–water partition coefficient (Wildman–Crippen LogP) is 4.23. The number of hydrogen-bond acceptors (Lipinski definition) is 3. The highest BCUT2D eigenvalue weighted by Gasteiger charge is 2.51. The van der Waals surface area contributed by atoms with Crippen LogP contribution in [0.4, 0.5) is 5.69 Å². The largest absolute Gasteiger partial charge is 0.325 e. The molecule has 0 spiro atoms. The van der Waals surface area contributed by atoms with Gasteiger partial charge in [0.05, 0.1) is 10.3 Å². The summed E-state index contributed by atoms with van der Waals surface area (Å²) in [5.74, 6) is -0.0642. The normalized spacial score (nSPS) is 19.3. The molecule has 1 N–H and O–H groups in total. The van der Waals surface area contributed by atoms with Crippen LogP contribution >= 0.6 is 0 Å². The summed E-state index contributed by atoms with van der Waals surface area (Å²) in [6.45, 7) is 2.94. The van der Waals surface area contributed by atoms with Crippen molar-refractivity contribution in [3.05, 3.63) is 59.7 Å². The summed E-state index contributed by atoms with van der Waals surface area (Å²) in [5, 5.41) is 2.98. The van der Waals surface area contributed by atoms with Gasteiger partial charge in [-0.3, -0.25) is 4.79 Å². The number of aryl methyl sites for hydroxylation is 1. The van der Waals surface area contributed by atoms with Gasteiger partial charge in [0.15, 0.2) is 0 Å². The molecule has 0 atom stereocenters. The fraction of sp³-hybridized carbons (Fsp3) is 0.435. The zero-order chi connectivity index (χ0) is 20.5. The van der Waals surface area contributed by atoms with E-state index in [-0.39, 0.29) is 5.91 Å². The van der Waals surface area contributed by atoms with E-state index in [2.05, 4.69) is 5.32 Å². The van der Waals surface area contributed by atoms with Crippen molar-refractivity contribution in [1.82, 2.24) is 4.31 Å². The van der Waals surface area contributed by atoms with Crippen molar-refractivity contribution >= 4 is 21.6 Å². The average molecular weight is 413 g/mol. The highest BCUT2D eigenvalue weighted by Crippen LogP contribution is 2.49. The summed E-state index contributed by atoms with van der Waals surface area (Å²) < 4.78 is 28.1. The van der Waals surface area contributed by atoms with Crippen molar-refractivity contribution in [2.45, 2.75) is 55.8 Å². The second-order valence-electron chi connectivity index (χ2n) is 8.20. The molecule has 154 valence electrons. The molecule has 1 aliphatic heterocycles. The number of nitrogens with zero attached hydrogens (tertiary/aromatic N) is 1. The Morgan fingerprint density at radius 1 is 0.966 bits per heavy atom. The van der Waals surface area contributed by atoms with E-state index in [1.54, 1.807) is 22.5 Å². The Hall–Kier alpha value is -2.18. The molecule has 0 bridgehead atoms. The SMILES string of the molecule is Cc1ccc(NC(=O)C2(c3ccccc3)CC2)cc1S(=O)(=O)N1CCCCCC1. The average Bonchev–Trinajstić information content (AvgIpc) is 3.55. The highest BCUT2D eigenvalue weighted by atomic mass is 32.2. The van der Waals surface area contributed by atoms with Gasteiger partial charge in [-0.1, -0.05) is 49.2 Å². The highest BCUT2D eigenvalue weighted by molar-refractivity contribution is 7.89. The molecular weight excluding hydrogens is 384 g/mol. The number of rotatable bonds is 5. The van der Waals surface area contributed by atoms with Crippen molar-refractivity contribution in [3.63, 3.8) is 0 Å². The van der Waals surface area contributed by atoms with Gasteiger partial charge in [-0.15, -0.1) is 0 Å². The minimum Gasteiger partial charge on any atom is -0.325 e. The molecule has 2 aliphatic rings. The number of benzene rings is 2. The van der Waals surface area contributed by atoms with Gasteiger partial charge in [0.25, 0.3) is 0 Å². The third kappa shape index (κ3) is 3.96. The topological polar surface area (TPSA) is 66.5 Å². The first-order valence-corrected chi connectivity index (χ1v) is 11.9. The van der Waals surface area contributed by atoms with Gasteiger partial charge in [-0.2, -0.15) is 4.31 Å². The predicted molar refractivity (Wildman–Crippen MR) is 114 cm³/mol. The van der Waals surface area contributed by atoms with Crippen molar-refractivity contribution in [1.29, 1.82) is 0 Å². The quantitative estimate of drug-likeness (QED) is 0.799. The standard InChI is InChI=1S/C23H28N2O3S/c1-18-11-12-20(17-21(18)29(27,28)25-15-7-2-3-8-16-25)24-22(26)23(13-14-23)19-9-5-4-6-10-19/h4-6,9-12,17H,2-3,7-8,13-16H2,1H3,(H,24,26). The van der Waals surface area contributed by atoms with Crippen molar-refractivity contribution in [2.75, 3.05) is 18.4 Å². The molecule has 6 heteroatoms. The van der Waals surface area contributed by atoms with Crippen LogP contribution in [0.3, 0.4) is 0 Å². The first-order chi connectivity index (χ1) is 13.9. The molecule has 1 amide bonds. The fourth-order valence-corrected chi connectivity index (χ4v) is 5.92.